The Bertz CT molecular complexity index is 928. The summed E-state index contributed by atoms with van der Waals surface area (Å²) in [5, 5.41) is 8.95. The highest BCUT2D eigenvalue weighted by molar-refractivity contribution is 7.91. The Balaban J connectivity index is 1.79. The molecule has 1 aliphatic heterocycles. The first kappa shape index (κ1) is 12.6. The molecule has 21 heavy (non-hydrogen) atoms. The summed E-state index contributed by atoms with van der Waals surface area (Å²) >= 11 is 0.917. The smallest absolute Gasteiger partial charge is 0.267 e. The van der Waals surface area contributed by atoms with Gasteiger partial charge in [0, 0.05) is 5.56 Å². The minimum absolute atomic E-state index is 0.165. The van der Waals surface area contributed by atoms with Crippen molar-refractivity contribution in [3.05, 3.63) is 24.4 Å². The summed E-state index contributed by atoms with van der Waals surface area (Å²) < 4.78 is 34.3. The maximum atomic E-state index is 11.2. The van der Waals surface area contributed by atoms with Crippen LogP contribution in [0, 0.1) is 0 Å². The van der Waals surface area contributed by atoms with Crippen LogP contribution in [0.5, 0.6) is 11.5 Å². The number of rotatable bonds is 2. The number of nitrogens with zero attached hydrogens (tertiary/aromatic N) is 3. The van der Waals surface area contributed by atoms with Crippen LogP contribution in [0.3, 0.4) is 0 Å². The predicted molar refractivity (Wildman–Crippen MR) is 73.8 cm³/mol. The highest BCUT2D eigenvalue weighted by atomic mass is 32.2. The molecule has 0 amide bonds. The zero-order chi connectivity index (χ0) is 14.6. The molecular formula is C11H8N4O4S2. The molecule has 2 N–H and O–H groups in total. The van der Waals surface area contributed by atoms with Crippen molar-refractivity contribution < 1.29 is 17.9 Å². The number of sulfonamides is 1. The quantitative estimate of drug-likeness (QED) is 0.748. The third-order valence-corrected chi connectivity index (χ3v) is 5.17. The molecule has 1 aromatic carbocycles. The van der Waals surface area contributed by atoms with Crippen molar-refractivity contribution in [2.75, 3.05) is 6.79 Å². The third-order valence-electron chi connectivity index (χ3n) is 2.94. The molecule has 108 valence electrons. The fourth-order valence-corrected chi connectivity index (χ4v) is 3.50. The van der Waals surface area contributed by atoms with Crippen molar-refractivity contribution in [1.29, 1.82) is 0 Å². The van der Waals surface area contributed by atoms with Gasteiger partial charge in [-0.1, -0.05) is 11.3 Å². The monoisotopic (exact) mass is 324 g/mol. The molecule has 0 bridgehead atoms. The average molecular weight is 324 g/mol. The molecule has 8 nitrogen and oxygen atoms in total. The van der Waals surface area contributed by atoms with Gasteiger partial charge >= 0.3 is 0 Å². The van der Waals surface area contributed by atoms with Crippen LogP contribution in [0.2, 0.25) is 0 Å². The molecule has 0 spiro atoms. The van der Waals surface area contributed by atoms with E-state index >= 15 is 0 Å². The zero-order valence-electron chi connectivity index (χ0n) is 10.4. The van der Waals surface area contributed by atoms with E-state index in [9.17, 15) is 8.42 Å². The predicted octanol–water partition coefficient (Wildman–Crippen LogP) is 0.834. The fraction of sp³-hybridized carbons (Fsp3) is 0.0909. The van der Waals surface area contributed by atoms with E-state index in [1.165, 1.54) is 4.52 Å². The van der Waals surface area contributed by atoms with E-state index in [4.69, 9.17) is 14.6 Å². The van der Waals surface area contributed by atoms with Gasteiger partial charge in [0.05, 0.1) is 11.9 Å². The van der Waals surface area contributed by atoms with E-state index in [1.54, 1.807) is 12.3 Å². The first-order chi connectivity index (χ1) is 10.0. The maximum absolute atomic E-state index is 11.2. The van der Waals surface area contributed by atoms with Gasteiger partial charge in [0.1, 0.15) is 0 Å². The van der Waals surface area contributed by atoms with E-state index in [2.05, 4.69) is 10.1 Å². The molecule has 0 atom stereocenters. The SMILES string of the molecule is NS(=O)(=O)c1nn2cc(-c3ccc4c(c3)OCO4)nc2s1. The van der Waals surface area contributed by atoms with Crippen LogP contribution in [0.25, 0.3) is 16.2 Å². The van der Waals surface area contributed by atoms with Crippen LogP contribution < -0.4 is 14.6 Å². The molecule has 2 aromatic heterocycles. The number of nitrogens with two attached hydrogens (primary N) is 1. The molecular weight excluding hydrogens is 316 g/mol. The van der Waals surface area contributed by atoms with Crippen molar-refractivity contribution in [3.8, 4) is 22.8 Å². The van der Waals surface area contributed by atoms with Gasteiger partial charge in [-0.25, -0.2) is 23.1 Å². The lowest BCUT2D eigenvalue weighted by Gasteiger charge is -1.98. The number of hydrogen-bond donors (Lipinski definition) is 1. The summed E-state index contributed by atoms with van der Waals surface area (Å²) in [4.78, 5) is 4.80. The molecule has 0 radical (unpaired) electrons. The molecule has 0 aliphatic carbocycles. The second-order valence-corrected chi connectivity index (χ2v) is 7.03. The highest BCUT2D eigenvalue weighted by Crippen LogP contribution is 2.35. The number of imidazole rings is 1. The Morgan fingerprint density at radius 3 is 2.86 bits per heavy atom. The standard InChI is InChI=1S/C11H8N4O4S2/c12-21(16,17)11-14-15-4-7(13-10(15)20-11)6-1-2-8-9(3-6)19-5-18-8/h1-4H,5H2,(H2,12,16,17). The molecule has 0 saturated heterocycles. The fourth-order valence-electron chi connectivity index (χ4n) is 1.99. The number of primary sulfonamides is 1. The normalized spacial score (nSPS) is 14.0. The van der Waals surface area contributed by atoms with Gasteiger partial charge in [-0.2, -0.15) is 0 Å². The van der Waals surface area contributed by atoms with Crippen LogP contribution in [0.4, 0.5) is 0 Å². The average Bonchev–Trinajstić information content (AvgIpc) is 3.10. The summed E-state index contributed by atoms with van der Waals surface area (Å²) in [7, 11) is -3.81. The Kier molecular flexibility index (Phi) is 2.49. The summed E-state index contributed by atoms with van der Waals surface area (Å²) in [5.74, 6) is 1.34. The molecule has 3 heterocycles. The van der Waals surface area contributed by atoms with Crippen molar-refractivity contribution in [1.82, 2.24) is 14.6 Å². The van der Waals surface area contributed by atoms with Gasteiger partial charge in [-0.05, 0) is 18.2 Å². The minimum atomic E-state index is -3.81. The van der Waals surface area contributed by atoms with Crippen molar-refractivity contribution in [3.63, 3.8) is 0 Å². The molecule has 1 aliphatic rings. The molecule has 3 aromatic rings. The lowest BCUT2D eigenvalue weighted by Crippen LogP contribution is -2.12. The van der Waals surface area contributed by atoms with Crippen molar-refractivity contribution in [2.24, 2.45) is 5.14 Å². The maximum Gasteiger partial charge on any atom is 0.267 e. The summed E-state index contributed by atoms with van der Waals surface area (Å²) in [5.41, 5.74) is 1.49. The molecule has 0 unspecified atom stereocenters. The van der Waals surface area contributed by atoms with Gasteiger partial charge in [0.25, 0.3) is 10.0 Å². The number of benzene rings is 1. The van der Waals surface area contributed by atoms with Crippen LogP contribution in [0.15, 0.2) is 28.7 Å². The van der Waals surface area contributed by atoms with Crippen LogP contribution >= 0.6 is 11.3 Å². The molecule has 4 rings (SSSR count). The van der Waals surface area contributed by atoms with E-state index < -0.39 is 10.0 Å². The first-order valence-electron chi connectivity index (χ1n) is 5.80. The number of fused-ring (bicyclic) bond motifs is 2. The Morgan fingerprint density at radius 1 is 1.29 bits per heavy atom. The topological polar surface area (TPSA) is 109 Å². The second-order valence-electron chi connectivity index (χ2n) is 4.33. The lowest BCUT2D eigenvalue weighted by atomic mass is 10.1. The van der Waals surface area contributed by atoms with E-state index in [0.29, 0.717) is 22.2 Å². The van der Waals surface area contributed by atoms with Crippen molar-refractivity contribution >= 4 is 26.3 Å². The van der Waals surface area contributed by atoms with E-state index in [1.807, 2.05) is 12.1 Å². The van der Waals surface area contributed by atoms with Gasteiger partial charge < -0.3 is 9.47 Å². The zero-order valence-corrected chi connectivity index (χ0v) is 12.0. The van der Waals surface area contributed by atoms with Gasteiger partial charge in [0.2, 0.25) is 16.1 Å². The van der Waals surface area contributed by atoms with Crippen molar-refractivity contribution in [2.45, 2.75) is 4.34 Å². The first-order valence-corrected chi connectivity index (χ1v) is 8.16. The van der Waals surface area contributed by atoms with Crippen LogP contribution in [-0.2, 0) is 10.0 Å². The molecule has 10 heteroatoms. The third kappa shape index (κ3) is 2.04. The number of ether oxygens (including phenoxy) is 2. The van der Waals surface area contributed by atoms with Gasteiger partial charge in [-0.15, -0.1) is 5.10 Å². The summed E-state index contributed by atoms with van der Waals surface area (Å²) in [6.45, 7) is 0.205. The number of aromatic nitrogens is 3. The van der Waals surface area contributed by atoms with Gasteiger partial charge in [0.15, 0.2) is 11.5 Å². The summed E-state index contributed by atoms with van der Waals surface area (Å²) in [6, 6.07) is 5.46. The largest absolute Gasteiger partial charge is 0.454 e. The second kappa shape index (κ2) is 4.16. The van der Waals surface area contributed by atoms with Gasteiger partial charge in [-0.3, -0.25) is 0 Å². The Morgan fingerprint density at radius 2 is 2.10 bits per heavy atom. The molecule has 0 fully saturated rings. The highest BCUT2D eigenvalue weighted by Gasteiger charge is 2.19. The van der Waals surface area contributed by atoms with Crippen LogP contribution in [-0.4, -0.2) is 29.8 Å². The lowest BCUT2D eigenvalue weighted by molar-refractivity contribution is 0.174. The van der Waals surface area contributed by atoms with Crippen LogP contribution in [0.1, 0.15) is 0 Å². The van der Waals surface area contributed by atoms with E-state index in [-0.39, 0.29) is 11.1 Å². The minimum Gasteiger partial charge on any atom is -0.454 e. The Labute approximate surface area is 122 Å². The Hall–Kier alpha value is -2.17. The number of hydrogen-bond acceptors (Lipinski definition) is 7. The molecule has 0 saturated carbocycles. The summed E-state index contributed by atoms with van der Waals surface area (Å²) in [6.07, 6.45) is 1.64. The van der Waals surface area contributed by atoms with E-state index in [0.717, 1.165) is 16.9 Å².